The summed E-state index contributed by atoms with van der Waals surface area (Å²) < 4.78 is 1.84. The monoisotopic (exact) mass is 364 g/mol. The molecule has 0 saturated carbocycles. The van der Waals surface area contributed by atoms with E-state index in [-0.39, 0.29) is 11.0 Å². The molecule has 3 heterocycles. The Kier molecular flexibility index (Phi) is 3.92. The van der Waals surface area contributed by atoms with E-state index in [1.54, 1.807) is 11.3 Å². The first-order valence-corrected chi connectivity index (χ1v) is 9.89. The number of aromatic nitrogens is 2. The summed E-state index contributed by atoms with van der Waals surface area (Å²) in [6.07, 6.45) is 3.04. The Balaban J connectivity index is 1.79. The normalized spacial score (nSPS) is 15.8. The van der Waals surface area contributed by atoms with Gasteiger partial charge < -0.3 is 0 Å². The van der Waals surface area contributed by atoms with Gasteiger partial charge in [-0.1, -0.05) is 45.0 Å². The van der Waals surface area contributed by atoms with Crippen LogP contribution in [0, 0.1) is 13.8 Å². The van der Waals surface area contributed by atoms with Gasteiger partial charge in [0.1, 0.15) is 10.7 Å². The molecule has 1 aromatic carbocycles. The van der Waals surface area contributed by atoms with Crippen molar-refractivity contribution in [1.29, 1.82) is 0 Å². The van der Waals surface area contributed by atoms with Gasteiger partial charge in [0.25, 0.3) is 5.56 Å². The largest absolute Gasteiger partial charge is 0.292 e. The average Bonchev–Trinajstić information content (AvgIpc) is 3.10. The van der Waals surface area contributed by atoms with Crippen LogP contribution >= 0.6 is 11.3 Å². The zero-order chi connectivity index (χ0) is 18.6. The molecule has 0 N–H and O–H groups in total. The summed E-state index contributed by atoms with van der Waals surface area (Å²) >= 11 is 1.62. The highest BCUT2D eigenvalue weighted by atomic mass is 32.1. The molecule has 1 aliphatic heterocycles. The van der Waals surface area contributed by atoms with Crippen molar-refractivity contribution in [2.45, 2.75) is 53.0 Å². The van der Waals surface area contributed by atoms with E-state index >= 15 is 0 Å². The van der Waals surface area contributed by atoms with E-state index < -0.39 is 0 Å². The molecular formula is C22H24N2OS. The van der Waals surface area contributed by atoms with Crippen molar-refractivity contribution in [1.82, 2.24) is 9.55 Å². The summed E-state index contributed by atoms with van der Waals surface area (Å²) in [7, 11) is 0. The predicted molar refractivity (Wildman–Crippen MR) is 111 cm³/mol. The molecule has 0 atom stereocenters. The first-order chi connectivity index (χ1) is 12.3. The van der Waals surface area contributed by atoms with Gasteiger partial charge in [-0.05, 0) is 54.0 Å². The fraction of sp³-hybridized carbons (Fsp3) is 0.364. The van der Waals surface area contributed by atoms with Crippen molar-refractivity contribution in [2.75, 3.05) is 0 Å². The topological polar surface area (TPSA) is 34.9 Å². The molecule has 4 heteroatoms. The number of rotatable bonds is 1. The summed E-state index contributed by atoms with van der Waals surface area (Å²) in [6, 6.07) is 8.70. The molecule has 0 radical (unpaired) electrons. The van der Waals surface area contributed by atoms with Crippen LogP contribution < -0.4 is 5.56 Å². The summed E-state index contributed by atoms with van der Waals surface area (Å²) in [5.74, 6) is 0.837. The molecule has 1 aliphatic rings. The molecule has 0 bridgehead atoms. The molecule has 0 aliphatic carbocycles. The molecule has 0 unspecified atom stereocenters. The minimum Gasteiger partial charge on any atom is -0.292 e. The summed E-state index contributed by atoms with van der Waals surface area (Å²) in [5.41, 5.74) is 4.98. The number of fused-ring (bicyclic) bond motifs is 2. The molecule has 26 heavy (non-hydrogen) atoms. The number of benzene rings is 1. The van der Waals surface area contributed by atoms with E-state index in [9.17, 15) is 4.79 Å². The Morgan fingerprint density at radius 2 is 1.85 bits per heavy atom. The second-order valence-corrected chi connectivity index (χ2v) is 9.35. The molecule has 0 saturated heterocycles. The summed E-state index contributed by atoms with van der Waals surface area (Å²) in [5, 5.41) is 0.798. The Morgan fingerprint density at radius 1 is 1.15 bits per heavy atom. The Hall–Kier alpha value is -2.20. The van der Waals surface area contributed by atoms with E-state index in [4.69, 9.17) is 4.98 Å². The molecule has 0 amide bonds. The number of allylic oxidation sites excluding steroid dienone is 1. The van der Waals surface area contributed by atoms with Gasteiger partial charge in [-0.3, -0.25) is 9.36 Å². The molecule has 0 fully saturated rings. The molecule has 2 aromatic heterocycles. The third kappa shape index (κ3) is 2.73. The van der Waals surface area contributed by atoms with Gasteiger partial charge in [0, 0.05) is 11.4 Å². The lowest BCUT2D eigenvalue weighted by molar-refractivity contribution is 0.590. The van der Waals surface area contributed by atoms with Gasteiger partial charge in [0.15, 0.2) is 0 Å². The molecule has 0 spiro atoms. The standard InChI is InChI=1S/C22H24N2OS/c1-13-14(2)26-20-18(13)21(25)24-11-10-16(19(24)23-20)12-15-6-8-17(9-7-15)22(3,4)5/h6-9,12H,10-11H2,1-5H3. The van der Waals surface area contributed by atoms with Crippen LogP contribution in [-0.2, 0) is 12.0 Å². The maximum atomic E-state index is 12.9. The number of hydrogen-bond acceptors (Lipinski definition) is 3. The first-order valence-electron chi connectivity index (χ1n) is 9.08. The summed E-state index contributed by atoms with van der Waals surface area (Å²) in [4.78, 5) is 19.8. The Labute approximate surface area is 158 Å². The van der Waals surface area contributed by atoms with Gasteiger partial charge >= 0.3 is 0 Å². The van der Waals surface area contributed by atoms with E-state index in [1.807, 2.05) is 11.5 Å². The van der Waals surface area contributed by atoms with Crippen LogP contribution in [0.25, 0.3) is 21.9 Å². The van der Waals surface area contributed by atoms with E-state index in [1.165, 1.54) is 10.4 Å². The van der Waals surface area contributed by atoms with Gasteiger partial charge in [0.2, 0.25) is 0 Å². The lowest BCUT2D eigenvalue weighted by Crippen LogP contribution is -2.20. The van der Waals surface area contributed by atoms with Crippen LogP contribution in [0.1, 0.15) is 54.6 Å². The third-order valence-electron chi connectivity index (χ3n) is 5.30. The van der Waals surface area contributed by atoms with Crippen LogP contribution in [0.15, 0.2) is 29.1 Å². The van der Waals surface area contributed by atoms with Crippen LogP contribution in [-0.4, -0.2) is 9.55 Å². The lowest BCUT2D eigenvalue weighted by atomic mass is 9.86. The Morgan fingerprint density at radius 3 is 2.50 bits per heavy atom. The van der Waals surface area contributed by atoms with Crippen molar-refractivity contribution in [3.63, 3.8) is 0 Å². The number of aryl methyl sites for hydroxylation is 2. The Bertz CT molecular complexity index is 1090. The molecule has 3 aromatic rings. The van der Waals surface area contributed by atoms with E-state index in [0.717, 1.165) is 45.7 Å². The quantitative estimate of drug-likeness (QED) is 0.586. The maximum absolute atomic E-state index is 12.9. The smallest absolute Gasteiger partial charge is 0.262 e. The van der Waals surface area contributed by atoms with Gasteiger partial charge in [0.05, 0.1) is 5.39 Å². The van der Waals surface area contributed by atoms with E-state index in [0.29, 0.717) is 0 Å². The highest BCUT2D eigenvalue weighted by Gasteiger charge is 2.23. The van der Waals surface area contributed by atoms with Crippen molar-refractivity contribution in [2.24, 2.45) is 0 Å². The van der Waals surface area contributed by atoms with Crippen molar-refractivity contribution in [3.8, 4) is 0 Å². The molecule has 134 valence electrons. The molecule has 3 nitrogen and oxygen atoms in total. The fourth-order valence-electron chi connectivity index (χ4n) is 3.54. The number of hydrogen-bond donors (Lipinski definition) is 0. The maximum Gasteiger partial charge on any atom is 0.262 e. The van der Waals surface area contributed by atoms with Crippen LogP contribution in [0.2, 0.25) is 0 Å². The number of nitrogens with zero attached hydrogens (tertiary/aromatic N) is 2. The summed E-state index contributed by atoms with van der Waals surface area (Å²) in [6.45, 7) is 11.5. The predicted octanol–water partition coefficient (Wildman–Crippen LogP) is 5.32. The second kappa shape index (κ2) is 5.92. The van der Waals surface area contributed by atoms with Crippen molar-refractivity contribution >= 4 is 33.2 Å². The first kappa shape index (κ1) is 17.2. The zero-order valence-electron chi connectivity index (χ0n) is 16.0. The SMILES string of the molecule is Cc1sc2nc3n(c(=O)c2c1C)CCC3=Cc1ccc(C(C)(C)C)cc1. The van der Waals surface area contributed by atoms with Gasteiger partial charge in [-0.25, -0.2) is 4.98 Å². The number of thiophene rings is 1. The second-order valence-electron chi connectivity index (χ2n) is 8.15. The van der Waals surface area contributed by atoms with E-state index in [2.05, 4.69) is 58.0 Å². The van der Waals surface area contributed by atoms with Crippen LogP contribution in [0.5, 0.6) is 0 Å². The van der Waals surface area contributed by atoms with Crippen molar-refractivity contribution in [3.05, 3.63) is 62.0 Å². The highest BCUT2D eigenvalue weighted by Crippen LogP contribution is 2.32. The van der Waals surface area contributed by atoms with Gasteiger partial charge in [-0.15, -0.1) is 11.3 Å². The third-order valence-corrected chi connectivity index (χ3v) is 6.40. The van der Waals surface area contributed by atoms with Crippen LogP contribution in [0.4, 0.5) is 0 Å². The van der Waals surface area contributed by atoms with Gasteiger partial charge in [-0.2, -0.15) is 0 Å². The molecule has 4 rings (SSSR count). The van der Waals surface area contributed by atoms with Crippen LogP contribution in [0.3, 0.4) is 0 Å². The molecular weight excluding hydrogens is 340 g/mol. The average molecular weight is 365 g/mol. The highest BCUT2D eigenvalue weighted by molar-refractivity contribution is 7.18. The minimum absolute atomic E-state index is 0.110. The fourth-order valence-corrected chi connectivity index (χ4v) is 4.56. The minimum atomic E-state index is 0.110. The zero-order valence-corrected chi connectivity index (χ0v) is 16.8. The van der Waals surface area contributed by atoms with Crippen molar-refractivity contribution < 1.29 is 0 Å². The lowest BCUT2D eigenvalue weighted by Gasteiger charge is -2.18.